The fourth-order valence-electron chi connectivity index (χ4n) is 0.635. The summed E-state index contributed by atoms with van der Waals surface area (Å²) >= 11 is 1.33. The van der Waals surface area contributed by atoms with Crippen LogP contribution in [0.3, 0.4) is 0 Å². The van der Waals surface area contributed by atoms with Crippen LogP contribution in [0.2, 0.25) is 0 Å². The number of aliphatic hydroxyl groups is 1. The molecule has 1 aromatic rings. The lowest BCUT2D eigenvalue weighted by molar-refractivity contribution is 0.112. The van der Waals surface area contributed by atoms with Gasteiger partial charge in [0.05, 0.1) is 11.5 Å². The first kappa shape index (κ1) is 8.23. The molecule has 0 atom stereocenters. The number of aldehydes is 1. The summed E-state index contributed by atoms with van der Waals surface area (Å²) in [7, 11) is 0. The smallest absolute Gasteiger partial charge is 0.160 e. The van der Waals surface area contributed by atoms with Crippen molar-refractivity contribution in [2.45, 2.75) is 0 Å². The Hall–Kier alpha value is -0.870. The van der Waals surface area contributed by atoms with Crippen molar-refractivity contribution in [3.63, 3.8) is 0 Å². The molecule has 0 radical (unpaired) electrons. The Bertz CT molecular complexity index is 231. The molecule has 1 N–H and O–H groups in total. The third kappa shape index (κ3) is 2.32. The van der Waals surface area contributed by atoms with Crippen molar-refractivity contribution in [2.75, 3.05) is 13.2 Å². The predicted molar refractivity (Wildman–Crippen MR) is 42.3 cm³/mol. The molecule has 0 amide bonds. The van der Waals surface area contributed by atoms with Gasteiger partial charge in [0.1, 0.15) is 12.4 Å². The van der Waals surface area contributed by atoms with Crippen LogP contribution >= 0.6 is 11.3 Å². The van der Waals surface area contributed by atoms with E-state index in [2.05, 4.69) is 0 Å². The van der Waals surface area contributed by atoms with Crippen molar-refractivity contribution in [3.05, 3.63) is 16.3 Å². The van der Waals surface area contributed by atoms with Crippen LogP contribution in [0.1, 0.15) is 9.67 Å². The molecule has 0 aliphatic rings. The highest BCUT2D eigenvalue weighted by Gasteiger charge is 1.97. The van der Waals surface area contributed by atoms with Crippen LogP contribution in [0.5, 0.6) is 5.75 Å². The summed E-state index contributed by atoms with van der Waals surface area (Å²) in [5.41, 5.74) is 0. The lowest BCUT2D eigenvalue weighted by atomic mass is 10.5. The quantitative estimate of drug-likeness (QED) is 0.687. The van der Waals surface area contributed by atoms with Gasteiger partial charge < -0.3 is 9.84 Å². The minimum atomic E-state index is -0.00767. The first-order valence-electron chi connectivity index (χ1n) is 3.14. The summed E-state index contributed by atoms with van der Waals surface area (Å²) < 4.78 is 5.04. The summed E-state index contributed by atoms with van der Waals surface area (Å²) in [5.74, 6) is 0.645. The molecule has 1 heterocycles. The fraction of sp³-hybridized carbons (Fsp3) is 0.286. The molecular formula is C7H8O3S. The normalized spacial score (nSPS) is 9.55. The van der Waals surface area contributed by atoms with Gasteiger partial charge in [0, 0.05) is 11.4 Å². The van der Waals surface area contributed by atoms with Crippen molar-refractivity contribution in [1.82, 2.24) is 0 Å². The maximum Gasteiger partial charge on any atom is 0.160 e. The van der Waals surface area contributed by atoms with Gasteiger partial charge in [-0.25, -0.2) is 0 Å². The molecule has 4 heteroatoms. The summed E-state index contributed by atoms with van der Waals surface area (Å²) in [6.45, 7) is 0.265. The van der Waals surface area contributed by atoms with Crippen LogP contribution in [-0.4, -0.2) is 24.6 Å². The van der Waals surface area contributed by atoms with E-state index in [-0.39, 0.29) is 13.2 Å². The Kier molecular flexibility index (Phi) is 3.07. The maximum absolute atomic E-state index is 10.2. The number of rotatable bonds is 4. The number of ether oxygens (including phenoxy) is 1. The molecule has 0 unspecified atom stereocenters. The van der Waals surface area contributed by atoms with Crippen molar-refractivity contribution in [3.8, 4) is 5.75 Å². The van der Waals surface area contributed by atoms with Crippen LogP contribution in [0, 0.1) is 0 Å². The summed E-state index contributed by atoms with van der Waals surface area (Å²) in [6.07, 6.45) is 0.774. The molecule has 0 aliphatic heterocycles. The van der Waals surface area contributed by atoms with Crippen LogP contribution < -0.4 is 4.74 Å². The van der Waals surface area contributed by atoms with E-state index < -0.39 is 0 Å². The zero-order valence-corrected chi connectivity index (χ0v) is 6.63. The molecule has 3 nitrogen and oxygen atoms in total. The Labute approximate surface area is 68.2 Å². The lowest BCUT2D eigenvalue weighted by Gasteiger charge is -1.97. The molecule has 0 aliphatic carbocycles. The third-order valence-electron chi connectivity index (χ3n) is 1.07. The number of thiophene rings is 1. The second-order valence-electron chi connectivity index (χ2n) is 1.87. The monoisotopic (exact) mass is 172 g/mol. The van der Waals surface area contributed by atoms with Gasteiger partial charge in [-0.05, 0) is 0 Å². The van der Waals surface area contributed by atoms with E-state index in [4.69, 9.17) is 9.84 Å². The topological polar surface area (TPSA) is 46.5 Å². The number of carbonyl (C=O) groups is 1. The molecule has 0 saturated heterocycles. The van der Waals surface area contributed by atoms with E-state index in [1.54, 1.807) is 11.4 Å². The van der Waals surface area contributed by atoms with Gasteiger partial charge in [-0.3, -0.25) is 4.79 Å². The van der Waals surface area contributed by atoms with Gasteiger partial charge in [0.25, 0.3) is 0 Å². The van der Waals surface area contributed by atoms with Gasteiger partial charge >= 0.3 is 0 Å². The molecule has 1 rings (SSSR count). The van der Waals surface area contributed by atoms with Crippen LogP contribution in [0.25, 0.3) is 0 Å². The average Bonchev–Trinajstić information content (AvgIpc) is 2.48. The van der Waals surface area contributed by atoms with Crippen molar-refractivity contribution < 1.29 is 14.6 Å². The van der Waals surface area contributed by atoms with Crippen LogP contribution in [-0.2, 0) is 0 Å². The minimum Gasteiger partial charge on any atom is -0.490 e. The van der Waals surface area contributed by atoms with Crippen molar-refractivity contribution in [2.24, 2.45) is 0 Å². The summed E-state index contributed by atoms with van der Waals surface area (Å²) in [4.78, 5) is 10.8. The number of carbonyl (C=O) groups excluding carboxylic acids is 1. The van der Waals surface area contributed by atoms with Gasteiger partial charge in [0.15, 0.2) is 6.29 Å². The molecule has 0 bridgehead atoms. The Balaban J connectivity index is 2.51. The van der Waals surface area contributed by atoms with Gasteiger partial charge in [0.2, 0.25) is 0 Å². The maximum atomic E-state index is 10.2. The lowest BCUT2D eigenvalue weighted by Crippen LogP contribution is -2.00. The van der Waals surface area contributed by atoms with Crippen molar-refractivity contribution >= 4 is 17.6 Å². The predicted octanol–water partition coefficient (Wildman–Crippen LogP) is 0.932. The largest absolute Gasteiger partial charge is 0.490 e. The Morgan fingerprint density at radius 2 is 2.55 bits per heavy atom. The molecular weight excluding hydrogens is 164 g/mol. The molecule has 1 aromatic heterocycles. The standard InChI is InChI=1S/C7H8O3S/c8-1-2-10-6-3-7(4-9)11-5-6/h3-5,8H,1-2H2. The molecule has 0 spiro atoms. The van der Waals surface area contributed by atoms with E-state index >= 15 is 0 Å². The van der Waals surface area contributed by atoms with E-state index in [0.29, 0.717) is 10.6 Å². The average molecular weight is 172 g/mol. The first-order valence-corrected chi connectivity index (χ1v) is 4.02. The van der Waals surface area contributed by atoms with Crippen molar-refractivity contribution in [1.29, 1.82) is 0 Å². The van der Waals surface area contributed by atoms with Crippen LogP contribution in [0.15, 0.2) is 11.4 Å². The SMILES string of the molecule is O=Cc1cc(OCCO)cs1. The molecule has 0 fully saturated rings. The fourth-order valence-corrected chi connectivity index (χ4v) is 1.26. The molecule has 0 saturated carbocycles. The van der Waals surface area contributed by atoms with Gasteiger partial charge in [-0.15, -0.1) is 11.3 Å². The highest BCUT2D eigenvalue weighted by atomic mass is 32.1. The first-order chi connectivity index (χ1) is 5.36. The molecule has 11 heavy (non-hydrogen) atoms. The summed E-state index contributed by atoms with van der Waals surface area (Å²) in [5, 5.41) is 10.1. The van der Waals surface area contributed by atoms with Gasteiger partial charge in [-0.1, -0.05) is 0 Å². The minimum absolute atomic E-state index is 0.00767. The zero-order chi connectivity index (χ0) is 8.10. The number of hydrogen-bond acceptors (Lipinski definition) is 4. The van der Waals surface area contributed by atoms with E-state index in [0.717, 1.165) is 6.29 Å². The highest BCUT2D eigenvalue weighted by Crippen LogP contribution is 2.19. The van der Waals surface area contributed by atoms with Crippen LogP contribution in [0.4, 0.5) is 0 Å². The Morgan fingerprint density at radius 1 is 1.73 bits per heavy atom. The summed E-state index contributed by atoms with van der Waals surface area (Å²) in [6, 6.07) is 1.65. The number of aliphatic hydroxyl groups excluding tert-OH is 1. The molecule has 60 valence electrons. The molecule has 0 aromatic carbocycles. The Morgan fingerprint density at radius 3 is 3.09 bits per heavy atom. The second-order valence-corrected chi connectivity index (χ2v) is 2.82. The second kappa shape index (κ2) is 4.10. The van der Waals surface area contributed by atoms with E-state index in [1.807, 2.05) is 0 Å². The van der Waals surface area contributed by atoms with E-state index in [1.165, 1.54) is 11.3 Å². The zero-order valence-electron chi connectivity index (χ0n) is 5.82. The highest BCUT2D eigenvalue weighted by molar-refractivity contribution is 7.11. The van der Waals surface area contributed by atoms with E-state index in [9.17, 15) is 4.79 Å². The third-order valence-corrected chi connectivity index (χ3v) is 1.91. The van der Waals surface area contributed by atoms with Gasteiger partial charge in [-0.2, -0.15) is 0 Å². The number of hydrogen-bond donors (Lipinski definition) is 1.